The van der Waals surface area contributed by atoms with Crippen molar-refractivity contribution in [1.29, 1.82) is 0 Å². The molecule has 4 heteroatoms. The number of hydrogen-bond donors (Lipinski definition) is 0. The second-order valence-electron chi connectivity index (χ2n) is 6.22. The van der Waals surface area contributed by atoms with Crippen LogP contribution in [0.2, 0.25) is 0 Å². The van der Waals surface area contributed by atoms with Crippen molar-refractivity contribution in [2.75, 3.05) is 9.91 Å². The summed E-state index contributed by atoms with van der Waals surface area (Å²) in [6.07, 6.45) is 1.87. The van der Waals surface area contributed by atoms with Crippen LogP contribution in [0, 0.1) is 0 Å². The highest BCUT2D eigenvalue weighted by Gasteiger charge is 2.29. The van der Waals surface area contributed by atoms with Crippen LogP contribution in [0.25, 0.3) is 0 Å². The summed E-state index contributed by atoms with van der Waals surface area (Å²) in [6, 6.07) is 29.4. The molecule has 0 fully saturated rings. The van der Waals surface area contributed by atoms with Crippen molar-refractivity contribution >= 4 is 28.7 Å². The van der Waals surface area contributed by atoms with E-state index in [1.54, 1.807) is 0 Å². The minimum atomic E-state index is -0.129. The molecule has 0 N–H and O–H groups in total. The van der Waals surface area contributed by atoms with Crippen LogP contribution in [0.3, 0.4) is 0 Å². The Morgan fingerprint density at radius 3 is 1.78 bits per heavy atom. The Hall–Kier alpha value is -3.66. The van der Waals surface area contributed by atoms with Gasteiger partial charge in [-0.25, -0.2) is 0 Å². The number of hydrogen-bond acceptors (Lipinski definition) is 3. The summed E-state index contributed by atoms with van der Waals surface area (Å²) in [4.78, 5) is 15.0. The molecule has 3 aromatic rings. The minimum Gasteiger partial charge on any atom is -0.316 e. The predicted molar refractivity (Wildman–Crippen MR) is 110 cm³/mol. The summed E-state index contributed by atoms with van der Waals surface area (Å²) in [6.45, 7) is 1.86. The number of nitrogens with zero attached hydrogens (tertiary/aromatic N) is 3. The topological polar surface area (TPSA) is 35.9 Å². The van der Waals surface area contributed by atoms with Crippen LogP contribution < -0.4 is 9.91 Å². The summed E-state index contributed by atoms with van der Waals surface area (Å²) < 4.78 is 0. The number of anilines is 3. The quantitative estimate of drug-likeness (QED) is 0.610. The third-order valence-corrected chi connectivity index (χ3v) is 4.39. The van der Waals surface area contributed by atoms with Crippen molar-refractivity contribution in [3.63, 3.8) is 0 Å². The van der Waals surface area contributed by atoms with Gasteiger partial charge in [-0.2, -0.15) is 10.1 Å². The number of amides is 1. The van der Waals surface area contributed by atoms with E-state index in [0.29, 0.717) is 11.3 Å². The molecule has 3 aromatic carbocycles. The van der Waals surface area contributed by atoms with Crippen molar-refractivity contribution in [3.8, 4) is 0 Å². The zero-order valence-electron chi connectivity index (χ0n) is 15.0. The number of para-hydroxylation sites is 3. The lowest BCUT2D eigenvalue weighted by molar-refractivity contribution is -0.114. The molecule has 1 aliphatic heterocycles. The monoisotopic (exact) mass is 353 g/mol. The highest BCUT2D eigenvalue weighted by molar-refractivity contribution is 6.30. The molecule has 1 aliphatic rings. The number of hydrazone groups is 1. The molecule has 4 rings (SSSR count). The maximum Gasteiger partial charge on any atom is 0.282 e. The molecule has 132 valence electrons. The van der Waals surface area contributed by atoms with Crippen molar-refractivity contribution in [2.24, 2.45) is 5.10 Å². The molecule has 0 saturated carbocycles. The fourth-order valence-corrected chi connectivity index (χ4v) is 3.02. The van der Waals surface area contributed by atoms with Crippen LogP contribution in [0.15, 0.2) is 108 Å². The lowest BCUT2D eigenvalue weighted by Gasteiger charge is -2.21. The molecule has 4 nitrogen and oxygen atoms in total. The van der Waals surface area contributed by atoms with E-state index in [2.05, 4.69) is 5.10 Å². The summed E-state index contributed by atoms with van der Waals surface area (Å²) >= 11 is 0. The number of rotatable bonds is 4. The second-order valence-corrected chi connectivity index (χ2v) is 6.22. The Morgan fingerprint density at radius 1 is 0.778 bits per heavy atom. The van der Waals surface area contributed by atoms with Crippen molar-refractivity contribution in [1.82, 2.24) is 0 Å². The zero-order chi connectivity index (χ0) is 18.6. The summed E-state index contributed by atoms with van der Waals surface area (Å²) in [7, 11) is 0. The van der Waals surface area contributed by atoms with Crippen LogP contribution in [-0.4, -0.2) is 11.6 Å². The first-order chi connectivity index (χ1) is 13.2. The van der Waals surface area contributed by atoms with Gasteiger partial charge in [0, 0.05) is 17.6 Å². The molecule has 1 heterocycles. The minimum absolute atomic E-state index is 0.129. The van der Waals surface area contributed by atoms with Gasteiger partial charge in [-0.1, -0.05) is 54.6 Å². The van der Waals surface area contributed by atoms with E-state index in [4.69, 9.17) is 0 Å². The first kappa shape index (κ1) is 16.8. The highest BCUT2D eigenvalue weighted by atomic mass is 16.2. The van der Waals surface area contributed by atoms with E-state index < -0.39 is 0 Å². The molecular formula is C23H19N3O. The van der Waals surface area contributed by atoms with Gasteiger partial charge in [0.25, 0.3) is 5.91 Å². The van der Waals surface area contributed by atoms with E-state index in [1.807, 2.05) is 109 Å². The van der Waals surface area contributed by atoms with E-state index >= 15 is 0 Å². The molecule has 0 atom stereocenters. The summed E-state index contributed by atoms with van der Waals surface area (Å²) in [5, 5.41) is 5.92. The average Bonchev–Trinajstić information content (AvgIpc) is 3.02. The van der Waals surface area contributed by atoms with Gasteiger partial charge in [-0.3, -0.25) is 4.79 Å². The largest absolute Gasteiger partial charge is 0.316 e. The Kier molecular flexibility index (Phi) is 4.54. The van der Waals surface area contributed by atoms with Gasteiger partial charge in [0.1, 0.15) is 0 Å². The Bertz CT molecular complexity index is 956. The summed E-state index contributed by atoms with van der Waals surface area (Å²) in [5.74, 6) is -0.129. The first-order valence-corrected chi connectivity index (χ1v) is 8.80. The number of carbonyl (C=O) groups excluding carboxylic acids is 1. The Balaban J connectivity index is 1.75. The smallest absolute Gasteiger partial charge is 0.282 e. The van der Waals surface area contributed by atoms with E-state index in [-0.39, 0.29) is 5.91 Å². The maximum atomic E-state index is 13.0. The van der Waals surface area contributed by atoms with E-state index in [9.17, 15) is 4.79 Å². The van der Waals surface area contributed by atoms with E-state index in [0.717, 1.165) is 17.1 Å². The van der Waals surface area contributed by atoms with Gasteiger partial charge < -0.3 is 4.90 Å². The van der Waals surface area contributed by atoms with Gasteiger partial charge in [0.2, 0.25) is 0 Å². The van der Waals surface area contributed by atoms with Crippen molar-refractivity contribution in [2.45, 2.75) is 6.92 Å². The molecule has 0 saturated heterocycles. The molecular weight excluding hydrogens is 334 g/mol. The number of benzene rings is 3. The Morgan fingerprint density at radius 2 is 1.26 bits per heavy atom. The molecule has 0 aromatic heterocycles. The predicted octanol–water partition coefficient (Wildman–Crippen LogP) is 5.13. The average molecular weight is 353 g/mol. The molecule has 0 spiro atoms. The zero-order valence-corrected chi connectivity index (χ0v) is 15.0. The van der Waals surface area contributed by atoms with Crippen LogP contribution >= 0.6 is 0 Å². The third-order valence-electron chi connectivity index (χ3n) is 4.39. The fourth-order valence-electron chi connectivity index (χ4n) is 3.02. The van der Waals surface area contributed by atoms with Gasteiger partial charge in [-0.15, -0.1) is 0 Å². The van der Waals surface area contributed by atoms with Crippen LogP contribution in [0.1, 0.15) is 6.92 Å². The SMILES string of the molecule is CC1=NN(c2ccccc2)C(=O)C1=CN(c1ccccc1)c1ccccc1. The molecule has 0 radical (unpaired) electrons. The molecule has 27 heavy (non-hydrogen) atoms. The normalized spacial score (nSPS) is 15.1. The van der Waals surface area contributed by atoms with Gasteiger partial charge >= 0.3 is 0 Å². The maximum absolute atomic E-state index is 13.0. The molecule has 0 unspecified atom stereocenters. The van der Waals surface area contributed by atoms with Crippen molar-refractivity contribution < 1.29 is 4.79 Å². The third kappa shape index (κ3) is 3.37. The molecule has 0 aliphatic carbocycles. The lowest BCUT2D eigenvalue weighted by Crippen LogP contribution is -2.23. The van der Waals surface area contributed by atoms with Gasteiger partial charge in [-0.05, 0) is 43.3 Å². The highest BCUT2D eigenvalue weighted by Crippen LogP contribution is 2.29. The van der Waals surface area contributed by atoms with Crippen molar-refractivity contribution in [3.05, 3.63) is 103 Å². The standard InChI is InChI=1S/C23H19N3O/c1-18-22(23(27)26(24-18)21-15-9-4-10-16-21)17-25(19-11-5-2-6-12-19)20-13-7-3-8-14-20/h2-17H,1H3. The second kappa shape index (κ2) is 7.30. The first-order valence-electron chi connectivity index (χ1n) is 8.80. The molecule has 0 bridgehead atoms. The lowest BCUT2D eigenvalue weighted by atomic mass is 10.1. The van der Waals surface area contributed by atoms with Gasteiger partial charge in [0.05, 0.1) is 17.0 Å². The van der Waals surface area contributed by atoms with Crippen LogP contribution in [-0.2, 0) is 4.79 Å². The summed E-state index contributed by atoms with van der Waals surface area (Å²) in [5.41, 5.74) is 3.99. The van der Waals surface area contributed by atoms with Crippen LogP contribution in [0.4, 0.5) is 17.1 Å². The molecule has 1 amide bonds. The van der Waals surface area contributed by atoms with E-state index in [1.165, 1.54) is 5.01 Å². The fraction of sp³-hybridized carbons (Fsp3) is 0.0435. The van der Waals surface area contributed by atoms with Gasteiger partial charge in [0.15, 0.2) is 0 Å². The Labute approximate surface area is 158 Å². The number of carbonyl (C=O) groups is 1. The van der Waals surface area contributed by atoms with Crippen LogP contribution in [0.5, 0.6) is 0 Å².